The molecule has 1 atom stereocenters. The van der Waals surface area contributed by atoms with Crippen LogP contribution in [-0.2, 0) is 4.79 Å². The first-order chi connectivity index (χ1) is 15.3. The van der Waals surface area contributed by atoms with Crippen LogP contribution in [0, 0.1) is 13.8 Å². The van der Waals surface area contributed by atoms with Gasteiger partial charge in [0, 0.05) is 16.0 Å². The van der Waals surface area contributed by atoms with Crippen molar-refractivity contribution >= 4 is 39.9 Å². The van der Waals surface area contributed by atoms with Crippen molar-refractivity contribution in [3.05, 3.63) is 94.2 Å². The van der Waals surface area contributed by atoms with Crippen LogP contribution >= 0.6 is 11.6 Å². The van der Waals surface area contributed by atoms with E-state index in [0.29, 0.717) is 33.0 Å². The maximum Gasteiger partial charge on any atom is 0.265 e. The summed E-state index contributed by atoms with van der Waals surface area (Å²) in [4.78, 5) is 26.1. The highest BCUT2D eigenvalue weighted by Gasteiger charge is 2.25. The van der Waals surface area contributed by atoms with Gasteiger partial charge in [0.05, 0.1) is 5.69 Å². The average molecular weight is 448 g/mol. The lowest BCUT2D eigenvalue weighted by atomic mass is 10.1. The lowest BCUT2D eigenvalue weighted by Crippen LogP contribution is -2.30. The zero-order valence-corrected chi connectivity index (χ0v) is 18.7. The maximum absolute atomic E-state index is 13.1. The van der Waals surface area contributed by atoms with Gasteiger partial charge in [-0.15, -0.1) is 0 Å². The Labute approximate surface area is 191 Å². The third-order valence-corrected chi connectivity index (χ3v) is 5.57. The van der Waals surface area contributed by atoms with Gasteiger partial charge in [-0.25, -0.2) is 0 Å². The van der Waals surface area contributed by atoms with Crippen LogP contribution in [-0.4, -0.2) is 17.8 Å². The fourth-order valence-corrected chi connectivity index (χ4v) is 3.46. The first-order valence-electron chi connectivity index (χ1n) is 10.2. The fourth-order valence-electron chi connectivity index (χ4n) is 3.33. The molecule has 0 radical (unpaired) electrons. The first kappa shape index (κ1) is 21.7. The number of anilines is 1. The summed E-state index contributed by atoms with van der Waals surface area (Å²) in [6.45, 7) is 5.66. The van der Waals surface area contributed by atoms with Gasteiger partial charge in [-0.1, -0.05) is 29.8 Å². The molecule has 0 saturated heterocycles. The second-order valence-electron chi connectivity index (χ2n) is 7.63. The van der Waals surface area contributed by atoms with E-state index in [1.165, 1.54) is 0 Å². The Bertz CT molecular complexity index is 1310. The number of hydrogen-bond acceptors (Lipinski definition) is 4. The lowest BCUT2D eigenvalue weighted by molar-refractivity contribution is -0.122. The van der Waals surface area contributed by atoms with Crippen LogP contribution in [0.4, 0.5) is 5.69 Å². The van der Waals surface area contributed by atoms with Crippen molar-refractivity contribution in [2.24, 2.45) is 0 Å². The number of para-hydroxylation sites is 1. The van der Waals surface area contributed by atoms with Gasteiger partial charge >= 0.3 is 0 Å². The maximum atomic E-state index is 13.1. The molecule has 32 heavy (non-hydrogen) atoms. The minimum Gasteiger partial charge on any atom is -0.481 e. The van der Waals surface area contributed by atoms with E-state index in [9.17, 15) is 9.59 Å². The van der Waals surface area contributed by atoms with Gasteiger partial charge in [0.15, 0.2) is 11.9 Å². The molecule has 0 aliphatic heterocycles. The predicted molar refractivity (Wildman–Crippen MR) is 126 cm³/mol. The number of amides is 1. The zero-order chi connectivity index (χ0) is 22.8. The monoisotopic (exact) mass is 447 g/mol. The van der Waals surface area contributed by atoms with E-state index >= 15 is 0 Å². The topological polar surface area (TPSA) is 68.5 Å². The van der Waals surface area contributed by atoms with E-state index < -0.39 is 6.10 Å². The predicted octanol–water partition coefficient (Wildman–Crippen LogP) is 6.34. The Morgan fingerprint density at radius 1 is 0.969 bits per heavy atom. The molecule has 1 N–H and O–H groups in total. The standard InChI is InChI=1S/C26H22ClNO4/c1-15-8-13-20(14-16(15)2)31-17(3)26(30)28-23-21-6-4-5-7-22(21)32-25(23)24(29)18-9-11-19(27)12-10-18/h4-14,17H,1-3H3,(H,28,30). The molecule has 1 amide bonds. The number of benzene rings is 3. The molecule has 0 bridgehead atoms. The van der Waals surface area contributed by atoms with Crippen LogP contribution in [0.15, 0.2) is 71.1 Å². The van der Waals surface area contributed by atoms with Crippen molar-refractivity contribution in [2.75, 3.05) is 5.32 Å². The van der Waals surface area contributed by atoms with Crippen molar-refractivity contribution < 1.29 is 18.7 Å². The molecule has 0 aliphatic carbocycles. The highest BCUT2D eigenvalue weighted by molar-refractivity contribution is 6.30. The van der Waals surface area contributed by atoms with Gasteiger partial charge < -0.3 is 14.5 Å². The Hall–Kier alpha value is -3.57. The summed E-state index contributed by atoms with van der Waals surface area (Å²) in [5, 5.41) is 4.00. The minimum atomic E-state index is -0.788. The molecule has 1 aromatic heterocycles. The SMILES string of the molecule is Cc1ccc(OC(C)C(=O)Nc2c(C(=O)c3ccc(Cl)cc3)oc3ccccc23)cc1C. The van der Waals surface area contributed by atoms with Gasteiger partial charge in [0.1, 0.15) is 11.3 Å². The molecule has 6 heteroatoms. The Kier molecular flexibility index (Phi) is 6.01. The van der Waals surface area contributed by atoms with E-state index in [4.69, 9.17) is 20.8 Å². The number of furan rings is 1. The molecule has 1 heterocycles. The zero-order valence-electron chi connectivity index (χ0n) is 17.9. The van der Waals surface area contributed by atoms with Crippen LogP contribution in [0.5, 0.6) is 5.75 Å². The second kappa shape index (κ2) is 8.89. The summed E-state index contributed by atoms with van der Waals surface area (Å²) in [5.41, 5.74) is 3.45. The quantitative estimate of drug-likeness (QED) is 0.350. The molecule has 4 aromatic rings. The second-order valence-corrected chi connectivity index (χ2v) is 8.07. The van der Waals surface area contributed by atoms with Crippen LogP contribution in [0.3, 0.4) is 0 Å². The lowest BCUT2D eigenvalue weighted by Gasteiger charge is -2.15. The van der Waals surface area contributed by atoms with Crippen molar-refractivity contribution in [3.8, 4) is 5.75 Å². The summed E-state index contributed by atoms with van der Waals surface area (Å²) in [7, 11) is 0. The van der Waals surface area contributed by atoms with Gasteiger partial charge in [-0.05, 0) is 80.4 Å². The molecule has 3 aromatic carbocycles. The molecule has 0 fully saturated rings. The van der Waals surface area contributed by atoms with Gasteiger partial charge in [-0.2, -0.15) is 0 Å². The number of ether oxygens (including phenoxy) is 1. The van der Waals surface area contributed by atoms with Crippen LogP contribution in [0.2, 0.25) is 5.02 Å². The molecule has 0 saturated carbocycles. The van der Waals surface area contributed by atoms with E-state index in [-0.39, 0.29) is 17.5 Å². The summed E-state index contributed by atoms with van der Waals surface area (Å²) in [6.07, 6.45) is -0.788. The Morgan fingerprint density at radius 2 is 1.69 bits per heavy atom. The molecule has 5 nitrogen and oxygen atoms in total. The van der Waals surface area contributed by atoms with E-state index in [0.717, 1.165) is 11.1 Å². The minimum absolute atomic E-state index is 0.0558. The smallest absolute Gasteiger partial charge is 0.265 e. The highest BCUT2D eigenvalue weighted by atomic mass is 35.5. The van der Waals surface area contributed by atoms with Crippen LogP contribution < -0.4 is 10.1 Å². The Morgan fingerprint density at radius 3 is 2.41 bits per heavy atom. The molecule has 0 spiro atoms. The van der Waals surface area contributed by atoms with E-state index in [2.05, 4.69) is 5.32 Å². The summed E-state index contributed by atoms with van der Waals surface area (Å²) in [5.74, 6) is -0.0821. The Balaban J connectivity index is 1.63. The number of rotatable bonds is 6. The van der Waals surface area contributed by atoms with Crippen LogP contribution in [0.1, 0.15) is 34.2 Å². The normalized spacial score (nSPS) is 11.9. The molecule has 162 valence electrons. The average Bonchev–Trinajstić information content (AvgIpc) is 3.14. The number of aryl methyl sites for hydroxylation is 2. The van der Waals surface area contributed by atoms with Crippen molar-refractivity contribution in [1.82, 2.24) is 0 Å². The number of ketones is 1. The first-order valence-corrected chi connectivity index (χ1v) is 10.6. The van der Waals surface area contributed by atoms with Crippen molar-refractivity contribution in [1.29, 1.82) is 0 Å². The number of carbonyl (C=O) groups excluding carboxylic acids is 2. The molecule has 1 unspecified atom stereocenters. The van der Waals surface area contributed by atoms with E-state index in [1.54, 1.807) is 49.4 Å². The number of halogens is 1. The third-order valence-electron chi connectivity index (χ3n) is 5.32. The number of nitrogens with one attached hydrogen (secondary N) is 1. The number of carbonyl (C=O) groups is 2. The molecular weight excluding hydrogens is 426 g/mol. The van der Waals surface area contributed by atoms with E-state index in [1.807, 2.05) is 38.1 Å². The molecule has 0 aliphatic rings. The van der Waals surface area contributed by atoms with Gasteiger partial charge in [-0.3, -0.25) is 9.59 Å². The summed E-state index contributed by atoms with van der Waals surface area (Å²) < 4.78 is 11.7. The largest absolute Gasteiger partial charge is 0.481 e. The van der Waals surface area contributed by atoms with Gasteiger partial charge in [0.2, 0.25) is 5.78 Å². The van der Waals surface area contributed by atoms with Crippen molar-refractivity contribution in [2.45, 2.75) is 26.9 Å². The summed E-state index contributed by atoms with van der Waals surface area (Å²) in [6, 6.07) is 19.3. The van der Waals surface area contributed by atoms with Gasteiger partial charge in [0.25, 0.3) is 5.91 Å². The number of fused-ring (bicyclic) bond motifs is 1. The molecule has 4 rings (SSSR count). The number of hydrogen-bond donors (Lipinski definition) is 1. The summed E-state index contributed by atoms with van der Waals surface area (Å²) >= 11 is 5.94. The highest BCUT2D eigenvalue weighted by Crippen LogP contribution is 2.33. The third kappa shape index (κ3) is 4.39. The molecular formula is C26H22ClNO4. The van der Waals surface area contributed by atoms with Crippen molar-refractivity contribution in [3.63, 3.8) is 0 Å². The fraction of sp³-hybridized carbons (Fsp3) is 0.154. The van der Waals surface area contributed by atoms with Crippen LogP contribution in [0.25, 0.3) is 11.0 Å².